The minimum Gasteiger partial charge on any atom is -0.372 e. The Kier molecular flexibility index (Phi) is 4.27. The summed E-state index contributed by atoms with van der Waals surface area (Å²) in [6.07, 6.45) is -3.51. The number of rotatable bonds is 5. The molecule has 100 valence electrons. The van der Waals surface area contributed by atoms with E-state index in [1.807, 2.05) is 0 Å². The largest absolute Gasteiger partial charge is 0.411 e. The summed E-state index contributed by atoms with van der Waals surface area (Å²) in [6, 6.07) is 0. The molecule has 6 heteroatoms. The molecule has 17 heavy (non-hydrogen) atoms. The maximum absolute atomic E-state index is 11.8. The zero-order chi connectivity index (χ0) is 12.3. The van der Waals surface area contributed by atoms with E-state index < -0.39 is 12.8 Å². The Morgan fingerprint density at radius 1 is 1.18 bits per heavy atom. The Bertz CT molecular complexity index is 235. The van der Waals surface area contributed by atoms with Crippen LogP contribution in [0, 0.1) is 11.8 Å². The van der Waals surface area contributed by atoms with Gasteiger partial charge in [0.2, 0.25) is 0 Å². The van der Waals surface area contributed by atoms with Gasteiger partial charge in [0.15, 0.2) is 0 Å². The Morgan fingerprint density at radius 2 is 1.82 bits per heavy atom. The van der Waals surface area contributed by atoms with Gasteiger partial charge in [0.1, 0.15) is 6.61 Å². The van der Waals surface area contributed by atoms with Crippen molar-refractivity contribution in [1.29, 1.82) is 0 Å². The van der Waals surface area contributed by atoms with E-state index in [0.717, 1.165) is 44.6 Å². The number of halogens is 3. The molecule has 0 unspecified atom stereocenters. The van der Waals surface area contributed by atoms with Gasteiger partial charge in [-0.05, 0) is 31.3 Å². The van der Waals surface area contributed by atoms with Crippen LogP contribution in [0.4, 0.5) is 13.2 Å². The van der Waals surface area contributed by atoms with Crippen molar-refractivity contribution in [1.82, 2.24) is 10.2 Å². The maximum Gasteiger partial charge on any atom is 0.411 e. The number of ether oxygens (including phenoxy) is 1. The second kappa shape index (κ2) is 5.54. The van der Waals surface area contributed by atoms with Crippen molar-refractivity contribution in [2.45, 2.75) is 12.6 Å². The molecule has 0 amide bonds. The minimum atomic E-state index is -4.20. The summed E-state index contributed by atoms with van der Waals surface area (Å²) in [4.78, 5) is 2.34. The smallest absolute Gasteiger partial charge is 0.372 e. The van der Waals surface area contributed by atoms with Gasteiger partial charge in [0.05, 0.1) is 0 Å². The number of hydrogen-bond acceptors (Lipinski definition) is 3. The van der Waals surface area contributed by atoms with Gasteiger partial charge in [-0.1, -0.05) is 0 Å². The number of likely N-dealkylation sites (tertiary alicyclic amines) is 1. The summed E-state index contributed by atoms with van der Waals surface area (Å²) in [5.74, 6) is 1.48. The molecule has 0 spiro atoms. The van der Waals surface area contributed by atoms with Gasteiger partial charge in [-0.2, -0.15) is 13.2 Å². The molecule has 1 N–H and O–H groups in total. The van der Waals surface area contributed by atoms with Crippen LogP contribution in [0.3, 0.4) is 0 Å². The lowest BCUT2D eigenvalue weighted by Gasteiger charge is -2.16. The van der Waals surface area contributed by atoms with Crippen LogP contribution in [0.25, 0.3) is 0 Å². The van der Waals surface area contributed by atoms with Crippen LogP contribution in [0.5, 0.6) is 0 Å². The van der Waals surface area contributed by atoms with Gasteiger partial charge in [0.25, 0.3) is 0 Å². The molecule has 0 aromatic heterocycles. The lowest BCUT2D eigenvalue weighted by Crippen LogP contribution is -2.27. The van der Waals surface area contributed by atoms with Crippen LogP contribution in [-0.4, -0.2) is 57.0 Å². The molecule has 2 aliphatic rings. The molecule has 0 bridgehead atoms. The second-order valence-corrected chi connectivity index (χ2v) is 4.96. The summed E-state index contributed by atoms with van der Waals surface area (Å²) in [5, 5.41) is 3.36. The molecule has 2 heterocycles. The zero-order valence-corrected chi connectivity index (χ0v) is 9.80. The van der Waals surface area contributed by atoms with E-state index in [1.165, 1.54) is 0 Å². The molecule has 2 fully saturated rings. The Morgan fingerprint density at radius 3 is 2.41 bits per heavy atom. The highest BCUT2D eigenvalue weighted by atomic mass is 19.4. The molecule has 0 aromatic carbocycles. The van der Waals surface area contributed by atoms with Gasteiger partial charge < -0.3 is 15.0 Å². The maximum atomic E-state index is 11.8. The summed E-state index contributed by atoms with van der Waals surface area (Å²) in [7, 11) is 0. The van der Waals surface area contributed by atoms with Crippen LogP contribution in [-0.2, 0) is 4.74 Å². The van der Waals surface area contributed by atoms with Gasteiger partial charge >= 0.3 is 6.18 Å². The third-order valence-electron chi connectivity index (χ3n) is 3.49. The first-order valence-corrected chi connectivity index (χ1v) is 6.12. The molecule has 2 atom stereocenters. The van der Waals surface area contributed by atoms with Crippen molar-refractivity contribution < 1.29 is 17.9 Å². The SMILES string of the molecule is FC(F)(F)COCCCN1C[C@H]2CNC[C@H]2C1. The predicted octanol–water partition coefficient (Wildman–Crippen LogP) is 1.11. The quantitative estimate of drug-likeness (QED) is 0.742. The molecule has 0 aliphatic carbocycles. The fourth-order valence-electron chi connectivity index (χ4n) is 2.71. The van der Waals surface area contributed by atoms with Crippen molar-refractivity contribution in [2.75, 3.05) is 45.9 Å². The van der Waals surface area contributed by atoms with Crippen LogP contribution in [0.15, 0.2) is 0 Å². The van der Waals surface area contributed by atoms with E-state index >= 15 is 0 Å². The number of alkyl halides is 3. The van der Waals surface area contributed by atoms with Crippen LogP contribution >= 0.6 is 0 Å². The molecule has 0 aromatic rings. The van der Waals surface area contributed by atoms with E-state index in [2.05, 4.69) is 15.0 Å². The van der Waals surface area contributed by atoms with Gasteiger partial charge in [0, 0.05) is 26.2 Å². The first-order valence-electron chi connectivity index (χ1n) is 6.12. The Labute approximate surface area is 99.3 Å². The van der Waals surface area contributed by atoms with Crippen molar-refractivity contribution in [3.63, 3.8) is 0 Å². The summed E-state index contributed by atoms with van der Waals surface area (Å²) < 4.78 is 40.0. The molecule has 3 nitrogen and oxygen atoms in total. The van der Waals surface area contributed by atoms with E-state index in [1.54, 1.807) is 0 Å². The average Bonchev–Trinajstić information content (AvgIpc) is 2.75. The highest BCUT2D eigenvalue weighted by Crippen LogP contribution is 2.26. The van der Waals surface area contributed by atoms with E-state index in [0.29, 0.717) is 6.42 Å². The van der Waals surface area contributed by atoms with Gasteiger partial charge in [-0.15, -0.1) is 0 Å². The van der Waals surface area contributed by atoms with Crippen LogP contribution in [0.2, 0.25) is 0 Å². The van der Waals surface area contributed by atoms with Gasteiger partial charge in [-0.25, -0.2) is 0 Å². The molecule has 2 aliphatic heterocycles. The Hall–Kier alpha value is -0.330. The van der Waals surface area contributed by atoms with Crippen molar-refractivity contribution in [2.24, 2.45) is 11.8 Å². The lowest BCUT2D eigenvalue weighted by molar-refractivity contribution is -0.174. The molecule has 0 saturated carbocycles. The molecule has 2 rings (SSSR count). The second-order valence-electron chi connectivity index (χ2n) is 4.96. The zero-order valence-electron chi connectivity index (χ0n) is 9.80. The van der Waals surface area contributed by atoms with Gasteiger partial charge in [-0.3, -0.25) is 0 Å². The average molecular weight is 252 g/mol. The normalized spacial score (nSPS) is 29.8. The fourth-order valence-corrected chi connectivity index (χ4v) is 2.71. The van der Waals surface area contributed by atoms with E-state index in [9.17, 15) is 13.2 Å². The minimum absolute atomic E-state index is 0.198. The number of fused-ring (bicyclic) bond motifs is 1. The Balaban J connectivity index is 1.52. The molecule has 0 radical (unpaired) electrons. The van der Waals surface area contributed by atoms with E-state index in [-0.39, 0.29) is 6.61 Å². The standard InChI is InChI=1S/C11H19F3N2O/c12-11(13,14)8-17-3-1-2-16-6-9-4-15-5-10(9)7-16/h9-10,15H,1-8H2/t9-,10+. The number of nitrogens with one attached hydrogen (secondary N) is 1. The highest BCUT2D eigenvalue weighted by molar-refractivity contribution is 4.90. The summed E-state index contributed by atoms with van der Waals surface area (Å²) in [6.45, 7) is 4.27. The van der Waals surface area contributed by atoms with Crippen molar-refractivity contribution >= 4 is 0 Å². The monoisotopic (exact) mass is 252 g/mol. The summed E-state index contributed by atoms with van der Waals surface area (Å²) in [5.41, 5.74) is 0. The molecular formula is C11H19F3N2O. The number of nitrogens with zero attached hydrogens (tertiary/aromatic N) is 1. The first kappa shape index (κ1) is 13.1. The predicted molar refractivity (Wildman–Crippen MR) is 57.8 cm³/mol. The fraction of sp³-hybridized carbons (Fsp3) is 1.00. The van der Waals surface area contributed by atoms with Crippen molar-refractivity contribution in [3.8, 4) is 0 Å². The number of hydrogen-bond donors (Lipinski definition) is 1. The van der Waals surface area contributed by atoms with Crippen molar-refractivity contribution in [3.05, 3.63) is 0 Å². The van der Waals surface area contributed by atoms with Crippen LogP contribution in [0.1, 0.15) is 6.42 Å². The molecule has 2 saturated heterocycles. The topological polar surface area (TPSA) is 24.5 Å². The third-order valence-corrected chi connectivity index (χ3v) is 3.49. The van der Waals surface area contributed by atoms with Crippen LogP contribution < -0.4 is 5.32 Å². The molecular weight excluding hydrogens is 233 g/mol. The lowest BCUT2D eigenvalue weighted by atomic mass is 10.0. The van der Waals surface area contributed by atoms with E-state index in [4.69, 9.17) is 0 Å². The summed E-state index contributed by atoms with van der Waals surface area (Å²) >= 11 is 0. The highest BCUT2D eigenvalue weighted by Gasteiger charge is 2.35. The third kappa shape index (κ3) is 4.12. The first-order chi connectivity index (χ1) is 8.04.